The van der Waals surface area contributed by atoms with E-state index in [-0.39, 0.29) is 11.1 Å². The Hall–Kier alpha value is -2.96. The topological polar surface area (TPSA) is 74.6 Å². The lowest BCUT2D eigenvalue weighted by atomic mass is 9.91. The summed E-state index contributed by atoms with van der Waals surface area (Å²) in [7, 11) is 0. The Labute approximate surface area is 169 Å². The van der Waals surface area contributed by atoms with Gasteiger partial charge in [-0.1, -0.05) is 36.4 Å². The van der Waals surface area contributed by atoms with Gasteiger partial charge in [-0.2, -0.15) is 0 Å². The predicted octanol–water partition coefficient (Wildman–Crippen LogP) is 5.81. The highest BCUT2D eigenvalue weighted by Crippen LogP contribution is 2.42. The number of aliphatic carboxylic acids is 2. The number of thiophene rings is 2. The molecule has 0 radical (unpaired) electrons. The van der Waals surface area contributed by atoms with E-state index in [0.29, 0.717) is 11.1 Å². The van der Waals surface area contributed by atoms with E-state index in [9.17, 15) is 19.8 Å². The van der Waals surface area contributed by atoms with E-state index in [1.165, 1.54) is 22.7 Å². The fraction of sp³-hybridized carbons (Fsp3) is 0.0909. The van der Waals surface area contributed by atoms with Gasteiger partial charge in [0.2, 0.25) is 0 Å². The van der Waals surface area contributed by atoms with E-state index in [2.05, 4.69) is 0 Å². The molecule has 0 unspecified atom stereocenters. The molecule has 2 aromatic carbocycles. The maximum atomic E-state index is 12.4. The van der Waals surface area contributed by atoms with Crippen LogP contribution in [0.2, 0.25) is 0 Å². The Kier molecular flexibility index (Phi) is 4.53. The molecule has 0 bridgehead atoms. The minimum atomic E-state index is -1.24. The van der Waals surface area contributed by atoms with Gasteiger partial charge in [-0.3, -0.25) is 0 Å². The lowest BCUT2D eigenvalue weighted by Gasteiger charge is -2.11. The van der Waals surface area contributed by atoms with Crippen molar-refractivity contribution >= 4 is 65.9 Å². The molecule has 2 heterocycles. The van der Waals surface area contributed by atoms with Gasteiger partial charge in [-0.15, -0.1) is 22.7 Å². The van der Waals surface area contributed by atoms with Gasteiger partial charge in [0.25, 0.3) is 0 Å². The molecule has 0 aliphatic heterocycles. The van der Waals surface area contributed by atoms with Gasteiger partial charge in [-0.25, -0.2) is 9.59 Å². The standard InChI is InChI=1S/C22H16O4S2/c1-11-17(13-7-3-5-9-15(13)27-11)19(21(23)24)20(22(25)26)18-12(2)28-16-10-6-4-8-14(16)18/h3-10H,1-2H3,(H,23,24)(H,25,26). The van der Waals surface area contributed by atoms with Gasteiger partial charge < -0.3 is 10.2 Å². The Bertz CT molecular complexity index is 1190. The van der Waals surface area contributed by atoms with Gasteiger partial charge in [0.15, 0.2) is 0 Å². The Morgan fingerprint density at radius 1 is 0.679 bits per heavy atom. The SMILES string of the molecule is Cc1sc2ccccc2c1C(C(=O)O)=C(C(=O)O)c1c(C)sc2ccccc12. The summed E-state index contributed by atoms with van der Waals surface area (Å²) in [5.74, 6) is -2.47. The summed E-state index contributed by atoms with van der Waals surface area (Å²) < 4.78 is 1.87. The normalized spacial score (nSPS) is 12.4. The number of carboxylic acids is 2. The summed E-state index contributed by atoms with van der Waals surface area (Å²) in [6, 6.07) is 15.0. The molecule has 0 saturated carbocycles. The van der Waals surface area contributed by atoms with Crippen molar-refractivity contribution in [1.29, 1.82) is 0 Å². The van der Waals surface area contributed by atoms with Crippen molar-refractivity contribution < 1.29 is 19.8 Å². The molecule has 0 spiro atoms. The van der Waals surface area contributed by atoms with Crippen molar-refractivity contribution in [2.24, 2.45) is 0 Å². The zero-order valence-corrected chi connectivity index (χ0v) is 16.8. The lowest BCUT2D eigenvalue weighted by molar-refractivity contribution is -0.132. The van der Waals surface area contributed by atoms with Crippen molar-refractivity contribution in [1.82, 2.24) is 0 Å². The summed E-state index contributed by atoms with van der Waals surface area (Å²) in [5, 5.41) is 21.7. The van der Waals surface area contributed by atoms with Gasteiger partial charge in [0.1, 0.15) is 0 Å². The maximum Gasteiger partial charge on any atom is 0.337 e. The first kappa shape index (κ1) is 18.4. The van der Waals surface area contributed by atoms with Crippen LogP contribution in [-0.2, 0) is 9.59 Å². The van der Waals surface area contributed by atoms with Gasteiger partial charge in [0.05, 0.1) is 11.1 Å². The summed E-state index contributed by atoms with van der Waals surface area (Å²) in [6.45, 7) is 3.67. The van der Waals surface area contributed by atoms with Crippen LogP contribution >= 0.6 is 22.7 Å². The highest BCUT2D eigenvalue weighted by atomic mass is 32.1. The number of hydrogen-bond donors (Lipinski definition) is 2. The fourth-order valence-corrected chi connectivity index (χ4v) is 5.78. The largest absolute Gasteiger partial charge is 0.478 e. The van der Waals surface area contributed by atoms with Crippen molar-refractivity contribution in [3.8, 4) is 0 Å². The van der Waals surface area contributed by atoms with Crippen LogP contribution in [0, 0.1) is 13.8 Å². The molecule has 0 atom stereocenters. The molecule has 0 saturated heterocycles. The average molecular weight is 409 g/mol. The van der Waals surface area contributed by atoms with Crippen LogP contribution in [0.4, 0.5) is 0 Å². The Morgan fingerprint density at radius 2 is 1.04 bits per heavy atom. The van der Waals surface area contributed by atoms with Crippen molar-refractivity contribution in [3.63, 3.8) is 0 Å². The molecule has 0 aliphatic rings. The maximum absolute atomic E-state index is 12.4. The van der Waals surface area contributed by atoms with E-state index in [1.807, 2.05) is 62.4 Å². The molecular formula is C22H16O4S2. The van der Waals surface area contributed by atoms with Gasteiger partial charge >= 0.3 is 11.9 Å². The van der Waals surface area contributed by atoms with Crippen LogP contribution < -0.4 is 0 Å². The second kappa shape index (κ2) is 6.89. The summed E-state index contributed by atoms with van der Waals surface area (Å²) in [4.78, 5) is 26.3. The molecule has 4 nitrogen and oxygen atoms in total. The second-order valence-corrected chi connectivity index (χ2v) is 8.93. The van der Waals surface area contributed by atoms with Crippen LogP contribution in [0.25, 0.3) is 31.3 Å². The summed E-state index contributed by atoms with van der Waals surface area (Å²) in [5.41, 5.74) is 0.656. The minimum Gasteiger partial charge on any atom is -0.478 e. The number of hydrogen-bond acceptors (Lipinski definition) is 4. The number of aryl methyl sites for hydroxylation is 2. The molecule has 0 fully saturated rings. The van der Waals surface area contributed by atoms with Gasteiger partial charge in [-0.05, 0) is 26.0 Å². The van der Waals surface area contributed by atoms with Crippen LogP contribution in [0.1, 0.15) is 20.9 Å². The minimum absolute atomic E-state index is 0.158. The number of carboxylic acid groups (broad SMARTS) is 2. The first-order valence-electron chi connectivity index (χ1n) is 8.58. The monoisotopic (exact) mass is 408 g/mol. The number of rotatable bonds is 4. The van der Waals surface area contributed by atoms with E-state index in [0.717, 1.165) is 29.9 Å². The molecule has 0 amide bonds. The highest BCUT2D eigenvalue weighted by Gasteiger charge is 2.30. The molecule has 140 valence electrons. The number of fused-ring (bicyclic) bond motifs is 2. The Morgan fingerprint density at radius 3 is 1.39 bits per heavy atom. The van der Waals surface area contributed by atoms with Gasteiger partial charge in [0, 0.05) is 41.1 Å². The average Bonchev–Trinajstić information content (AvgIpc) is 3.15. The third-order valence-electron chi connectivity index (χ3n) is 4.72. The predicted molar refractivity (Wildman–Crippen MR) is 115 cm³/mol. The van der Waals surface area contributed by atoms with Crippen molar-refractivity contribution in [2.45, 2.75) is 13.8 Å². The third kappa shape index (κ3) is 2.82. The quantitative estimate of drug-likeness (QED) is 0.418. The number of carbonyl (C=O) groups is 2. The third-order valence-corrected chi connectivity index (χ3v) is 6.89. The lowest BCUT2D eigenvalue weighted by Crippen LogP contribution is -2.11. The van der Waals surface area contributed by atoms with Crippen molar-refractivity contribution in [3.05, 3.63) is 69.4 Å². The number of benzene rings is 2. The van der Waals surface area contributed by atoms with Crippen molar-refractivity contribution in [2.75, 3.05) is 0 Å². The molecule has 2 N–H and O–H groups in total. The molecule has 2 aromatic heterocycles. The molecule has 6 heteroatoms. The first-order valence-corrected chi connectivity index (χ1v) is 10.2. The van der Waals surface area contributed by atoms with Crippen LogP contribution in [0.15, 0.2) is 48.5 Å². The zero-order valence-electron chi connectivity index (χ0n) is 15.1. The van der Waals surface area contributed by atoms with Crippen LogP contribution in [-0.4, -0.2) is 22.2 Å². The first-order chi connectivity index (χ1) is 13.4. The summed E-state index contributed by atoms with van der Waals surface area (Å²) in [6.07, 6.45) is 0. The fourth-order valence-electron chi connectivity index (χ4n) is 3.63. The van der Waals surface area contributed by atoms with Crippen LogP contribution in [0.3, 0.4) is 0 Å². The smallest absolute Gasteiger partial charge is 0.337 e. The summed E-state index contributed by atoms with van der Waals surface area (Å²) >= 11 is 2.94. The zero-order chi connectivity index (χ0) is 20.0. The van der Waals surface area contributed by atoms with Crippen LogP contribution in [0.5, 0.6) is 0 Å². The van der Waals surface area contributed by atoms with E-state index >= 15 is 0 Å². The highest BCUT2D eigenvalue weighted by molar-refractivity contribution is 7.19. The van der Waals surface area contributed by atoms with E-state index < -0.39 is 11.9 Å². The molecule has 28 heavy (non-hydrogen) atoms. The Balaban J connectivity index is 2.18. The molecule has 4 aromatic rings. The van der Waals surface area contributed by atoms with E-state index in [1.54, 1.807) is 0 Å². The molecule has 0 aliphatic carbocycles. The second-order valence-electron chi connectivity index (χ2n) is 6.42. The van der Waals surface area contributed by atoms with E-state index in [4.69, 9.17) is 0 Å². The molecule has 4 rings (SSSR count). The molecular weight excluding hydrogens is 392 g/mol.